The molecule has 0 fully saturated rings. The van der Waals surface area contributed by atoms with E-state index in [4.69, 9.17) is 4.42 Å². The minimum Gasteiger partial charge on any atom is -0.467 e. The SMILES string of the molecule is CCNCc1cc(C)nc(N(C)Cc2ccco2)c1. The summed E-state index contributed by atoms with van der Waals surface area (Å²) in [5.74, 6) is 1.92. The summed E-state index contributed by atoms with van der Waals surface area (Å²) < 4.78 is 5.37. The highest BCUT2D eigenvalue weighted by molar-refractivity contribution is 5.42. The average Bonchev–Trinajstić information content (AvgIpc) is 2.88. The first-order valence-electron chi connectivity index (χ1n) is 6.61. The smallest absolute Gasteiger partial charge is 0.129 e. The van der Waals surface area contributed by atoms with Gasteiger partial charge < -0.3 is 14.6 Å². The fourth-order valence-electron chi connectivity index (χ4n) is 2.01. The second-order valence-corrected chi connectivity index (χ2v) is 4.69. The van der Waals surface area contributed by atoms with Crippen LogP contribution in [0, 0.1) is 6.92 Å². The predicted octanol–water partition coefficient (Wildman–Crippen LogP) is 2.73. The summed E-state index contributed by atoms with van der Waals surface area (Å²) in [5.41, 5.74) is 2.30. The Morgan fingerprint density at radius 1 is 1.37 bits per heavy atom. The van der Waals surface area contributed by atoms with E-state index in [-0.39, 0.29) is 0 Å². The van der Waals surface area contributed by atoms with Crippen molar-refractivity contribution >= 4 is 5.82 Å². The Morgan fingerprint density at radius 3 is 2.89 bits per heavy atom. The predicted molar refractivity (Wildman–Crippen MR) is 77.2 cm³/mol. The number of aromatic nitrogens is 1. The van der Waals surface area contributed by atoms with Gasteiger partial charge in [0.05, 0.1) is 12.8 Å². The topological polar surface area (TPSA) is 41.3 Å². The molecule has 0 aliphatic heterocycles. The number of nitrogens with one attached hydrogen (secondary N) is 1. The number of furan rings is 1. The second kappa shape index (κ2) is 6.38. The number of pyridine rings is 1. The van der Waals surface area contributed by atoms with Gasteiger partial charge in [0.1, 0.15) is 11.6 Å². The lowest BCUT2D eigenvalue weighted by atomic mass is 10.2. The maximum atomic E-state index is 5.37. The Bertz CT molecular complexity index is 508. The maximum Gasteiger partial charge on any atom is 0.129 e. The van der Waals surface area contributed by atoms with Crippen molar-refractivity contribution in [1.29, 1.82) is 0 Å². The van der Waals surface area contributed by atoms with Gasteiger partial charge in [-0.05, 0) is 43.3 Å². The standard InChI is InChI=1S/C15H21N3O/c1-4-16-10-13-8-12(2)17-15(9-13)18(3)11-14-6-5-7-19-14/h5-9,16H,4,10-11H2,1-3H3. The second-order valence-electron chi connectivity index (χ2n) is 4.69. The van der Waals surface area contributed by atoms with Crippen LogP contribution in [0.4, 0.5) is 5.82 Å². The highest BCUT2D eigenvalue weighted by Crippen LogP contribution is 2.16. The molecule has 0 atom stereocenters. The molecule has 0 unspecified atom stereocenters. The Morgan fingerprint density at radius 2 is 2.21 bits per heavy atom. The van der Waals surface area contributed by atoms with Crippen molar-refractivity contribution in [2.75, 3.05) is 18.5 Å². The van der Waals surface area contributed by atoms with Crippen molar-refractivity contribution in [3.8, 4) is 0 Å². The summed E-state index contributed by atoms with van der Waals surface area (Å²) in [4.78, 5) is 6.68. The van der Waals surface area contributed by atoms with E-state index in [0.29, 0.717) is 0 Å². The Hall–Kier alpha value is -1.81. The van der Waals surface area contributed by atoms with Crippen molar-refractivity contribution in [2.45, 2.75) is 26.9 Å². The summed E-state index contributed by atoms with van der Waals surface area (Å²) >= 11 is 0. The number of anilines is 1. The average molecular weight is 259 g/mol. The molecule has 0 radical (unpaired) electrons. The van der Waals surface area contributed by atoms with Gasteiger partial charge >= 0.3 is 0 Å². The van der Waals surface area contributed by atoms with E-state index in [1.165, 1.54) is 5.56 Å². The molecule has 2 aromatic heterocycles. The first kappa shape index (κ1) is 13.6. The minimum atomic E-state index is 0.726. The summed E-state index contributed by atoms with van der Waals surface area (Å²) in [6.45, 7) is 6.71. The van der Waals surface area contributed by atoms with Crippen molar-refractivity contribution in [1.82, 2.24) is 10.3 Å². The maximum absolute atomic E-state index is 5.37. The van der Waals surface area contributed by atoms with Gasteiger partial charge in [-0.1, -0.05) is 6.92 Å². The number of aryl methyl sites for hydroxylation is 1. The van der Waals surface area contributed by atoms with Gasteiger partial charge in [0.15, 0.2) is 0 Å². The van der Waals surface area contributed by atoms with Crippen molar-refractivity contribution in [2.24, 2.45) is 0 Å². The van der Waals surface area contributed by atoms with Crippen LogP contribution in [0.15, 0.2) is 34.9 Å². The van der Waals surface area contributed by atoms with Crippen LogP contribution < -0.4 is 10.2 Å². The lowest BCUT2D eigenvalue weighted by Gasteiger charge is -2.18. The molecule has 2 heterocycles. The molecule has 0 bridgehead atoms. The highest BCUT2D eigenvalue weighted by Gasteiger charge is 2.07. The van der Waals surface area contributed by atoms with E-state index in [9.17, 15) is 0 Å². The summed E-state index contributed by atoms with van der Waals surface area (Å²) in [6.07, 6.45) is 1.70. The normalized spacial score (nSPS) is 10.7. The molecule has 2 aromatic rings. The van der Waals surface area contributed by atoms with E-state index < -0.39 is 0 Å². The first-order valence-corrected chi connectivity index (χ1v) is 6.61. The molecule has 0 saturated heterocycles. The zero-order chi connectivity index (χ0) is 13.7. The molecular weight excluding hydrogens is 238 g/mol. The van der Waals surface area contributed by atoms with Crippen molar-refractivity contribution in [3.63, 3.8) is 0 Å². The molecule has 0 aromatic carbocycles. The quantitative estimate of drug-likeness (QED) is 0.866. The van der Waals surface area contributed by atoms with Crippen LogP contribution in [0.3, 0.4) is 0 Å². The van der Waals surface area contributed by atoms with Crippen LogP contribution in [-0.4, -0.2) is 18.6 Å². The van der Waals surface area contributed by atoms with Gasteiger partial charge in [-0.3, -0.25) is 0 Å². The minimum absolute atomic E-state index is 0.726. The van der Waals surface area contributed by atoms with Crippen molar-refractivity contribution < 1.29 is 4.42 Å². The number of hydrogen-bond donors (Lipinski definition) is 1. The zero-order valence-electron chi connectivity index (χ0n) is 11.8. The molecule has 0 aliphatic carbocycles. The molecule has 19 heavy (non-hydrogen) atoms. The van der Waals surface area contributed by atoms with Gasteiger partial charge in [-0.15, -0.1) is 0 Å². The fourth-order valence-corrected chi connectivity index (χ4v) is 2.01. The van der Waals surface area contributed by atoms with E-state index in [1.54, 1.807) is 6.26 Å². The van der Waals surface area contributed by atoms with Crippen LogP contribution in [0.25, 0.3) is 0 Å². The Labute approximate surface area is 114 Å². The van der Waals surface area contributed by atoms with Gasteiger partial charge in [0.25, 0.3) is 0 Å². The lowest BCUT2D eigenvalue weighted by Crippen LogP contribution is -2.19. The Kier molecular flexibility index (Phi) is 4.58. The lowest BCUT2D eigenvalue weighted by molar-refractivity contribution is 0.507. The van der Waals surface area contributed by atoms with Gasteiger partial charge in [0, 0.05) is 19.3 Å². The summed E-state index contributed by atoms with van der Waals surface area (Å²) in [7, 11) is 2.03. The molecule has 102 valence electrons. The third kappa shape index (κ3) is 3.83. The number of rotatable bonds is 6. The van der Waals surface area contributed by atoms with E-state index in [2.05, 4.69) is 34.3 Å². The monoisotopic (exact) mass is 259 g/mol. The van der Waals surface area contributed by atoms with Crippen LogP contribution >= 0.6 is 0 Å². The number of hydrogen-bond acceptors (Lipinski definition) is 4. The van der Waals surface area contributed by atoms with Gasteiger partial charge in [-0.2, -0.15) is 0 Å². The van der Waals surface area contributed by atoms with Crippen LogP contribution in [0.5, 0.6) is 0 Å². The third-order valence-electron chi connectivity index (χ3n) is 2.94. The molecule has 2 rings (SSSR count). The van der Waals surface area contributed by atoms with Crippen LogP contribution in [0.1, 0.15) is 23.9 Å². The molecule has 0 amide bonds. The molecule has 1 N–H and O–H groups in total. The molecule has 4 nitrogen and oxygen atoms in total. The Balaban J connectivity index is 2.11. The van der Waals surface area contributed by atoms with Gasteiger partial charge in [0.2, 0.25) is 0 Å². The van der Waals surface area contributed by atoms with E-state index in [0.717, 1.165) is 36.9 Å². The molecule has 0 aliphatic rings. The van der Waals surface area contributed by atoms with Crippen LogP contribution in [0.2, 0.25) is 0 Å². The number of nitrogens with zero attached hydrogens (tertiary/aromatic N) is 2. The third-order valence-corrected chi connectivity index (χ3v) is 2.94. The van der Waals surface area contributed by atoms with E-state index >= 15 is 0 Å². The molecule has 0 spiro atoms. The zero-order valence-corrected chi connectivity index (χ0v) is 11.8. The van der Waals surface area contributed by atoms with Crippen molar-refractivity contribution in [3.05, 3.63) is 47.5 Å². The highest BCUT2D eigenvalue weighted by atomic mass is 16.3. The summed E-state index contributed by atoms with van der Waals surface area (Å²) in [6, 6.07) is 8.13. The van der Waals surface area contributed by atoms with Gasteiger partial charge in [-0.25, -0.2) is 4.98 Å². The first-order chi connectivity index (χ1) is 9.19. The molecular formula is C15H21N3O. The van der Waals surface area contributed by atoms with E-state index in [1.807, 2.05) is 26.1 Å². The fraction of sp³-hybridized carbons (Fsp3) is 0.400. The molecule has 4 heteroatoms. The van der Waals surface area contributed by atoms with Crippen LogP contribution in [-0.2, 0) is 13.1 Å². The molecule has 0 saturated carbocycles. The largest absolute Gasteiger partial charge is 0.467 e. The summed E-state index contributed by atoms with van der Waals surface area (Å²) in [5, 5.41) is 3.34.